The maximum Gasteiger partial charge on any atom is 0.0587 e. The second-order valence-corrected chi connectivity index (χ2v) is 6.03. The standard InChI is InChI=1S/C15H27N3O/c1-4-13-5-6-17(15(7-13)11-19)9-14-8-16-18(10-14)12(2)3/h8,10,12-13,15,19H,4-7,9,11H2,1-3H3/t13-,15+/m1/s1. The molecule has 1 fully saturated rings. The van der Waals surface area contributed by atoms with Crippen molar-refractivity contribution in [1.29, 1.82) is 0 Å². The van der Waals surface area contributed by atoms with Gasteiger partial charge in [0.2, 0.25) is 0 Å². The minimum atomic E-state index is 0.273. The lowest BCUT2D eigenvalue weighted by Crippen LogP contribution is -2.43. The Hall–Kier alpha value is -0.870. The highest BCUT2D eigenvalue weighted by molar-refractivity contribution is 5.05. The van der Waals surface area contributed by atoms with E-state index in [2.05, 4.69) is 37.0 Å². The van der Waals surface area contributed by atoms with E-state index in [1.165, 1.54) is 18.4 Å². The van der Waals surface area contributed by atoms with Gasteiger partial charge in [-0.2, -0.15) is 5.10 Å². The Morgan fingerprint density at radius 3 is 2.84 bits per heavy atom. The average Bonchev–Trinajstić information content (AvgIpc) is 2.88. The number of nitrogens with zero attached hydrogens (tertiary/aromatic N) is 3. The summed E-state index contributed by atoms with van der Waals surface area (Å²) in [4.78, 5) is 2.41. The van der Waals surface area contributed by atoms with Crippen LogP contribution < -0.4 is 0 Å². The highest BCUT2D eigenvalue weighted by Crippen LogP contribution is 2.26. The van der Waals surface area contributed by atoms with Crippen LogP contribution in [-0.2, 0) is 6.54 Å². The summed E-state index contributed by atoms with van der Waals surface area (Å²) in [7, 11) is 0. The molecule has 2 atom stereocenters. The first-order valence-electron chi connectivity index (χ1n) is 7.52. The average molecular weight is 265 g/mol. The lowest BCUT2D eigenvalue weighted by molar-refractivity contribution is 0.0582. The summed E-state index contributed by atoms with van der Waals surface area (Å²) in [5, 5.41) is 14.0. The molecular formula is C15H27N3O. The van der Waals surface area contributed by atoms with Crippen molar-refractivity contribution in [2.75, 3.05) is 13.2 Å². The van der Waals surface area contributed by atoms with E-state index in [1.54, 1.807) is 0 Å². The van der Waals surface area contributed by atoms with E-state index in [0.717, 1.165) is 25.4 Å². The van der Waals surface area contributed by atoms with Gasteiger partial charge in [0.05, 0.1) is 12.8 Å². The Labute approximate surface area is 116 Å². The zero-order valence-corrected chi connectivity index (χ0v) is 12.4. The van der Waals surface area contributed by atoms with E-state index < -0.39 is 0 Å². The van der Waals surface area contributed by atoms with Gasteiger partial charge in [-0.25, -0.2) is 0 Å². The number of likely N-dealkylation sites (tertiary alicyclic amines) is 1. The van der Waals surface area contributed by atoms with Crippen LogP contribution in [0, 0.1) is 5.92 Å². The fourth-order valence-electron chi connectivity index (χ4n) is 2.93. The van der Waals surface area contributed by atoms with Crippen molar-refractivity contribution in [1.82, 2.24) is 14.7 Å². The molecule has 108 valence electrons. The van der Waals surface area contributed by atoms with Gasteiger partial charge in [0.25, 0.3) is 0 Å². The Kier molecular flexibility index (Phi) is 4.99. The number of hydrogen-bond acceptors (Lipinski definition) is 3. The molecule has 1 aromatic heterocycles. The first-order valence-corrected chi connectivity index (χ1v) is 7.52. The van der Waals surface area contributed by atoms with E-state index in [9.17, 15) is 5.11 Å². The minimum absolute atomic E-state index is 0.273. The Balaban J connectivity index is 1.97. The van der Waals surface area contributed by atoms with Gasteiger partial charge in [0.15, 0.2) is 0 Å². The zero-order chi connectivity index (χ0) is 13.8. The van der Waals surface area contributed by atoms with Gasteiger partial charge >= 0.3 is 0 Å². The maximum atomic E-state index is 9.58. The van der Waals surface area contributed by atoms with Crippen LogP contribution >= 0.6 is 0 Å². The lowest BCUT2D eigenvalue weighted by Gasteiger charge is -2.38. The summed E-state index contributed by atoms with van der Waals surface area (Å²) in [5.41, 5.74) is 1.25. The third kappa shape index (κ3) is 3.57. The van der Waals surface area contributed by atoms with Gasteiger partial charge in [-0.3, -0.25) is 9.58 Å². The van der Waals surface area contributed by atoms with Gasteiger partial charge in [0.1, 0.15) is 0 Å². The van der Waals surface area contributed by atoms with Crippen molar-refractivity contribution < 1.29 is 5.11 Å². The molecule has 0 spiro atoms. The predicted molar refractivity (Wildman–Crippen MR) is 76.9 cm³/mol. The molecule has 0 radical (unpaired) electrons. The summed E-state index contributed by atoms with van der Waals surface area (Å²) in [6.07, 6.45) is 7.71. The molecule has 1 aromatic rings. The molecule has 0 aromatic carbocycles. The molecular weight excluding hydrogens is 238 g/mol. The lowest BCUT2D eigenvalue weighted by atomic mass is 9.89. The third-order valence-electron chi connectivity index (χ3n) is 4.30. The molecule has 0 unspecified atom stereocenters. The van der Waals surface area contributed by atoms with Crippen LogP contribution in [0.15, 0.2) is 12.4 Å². The number of piperidine rings is 1. The van der Waals surface area contributed by atoms with Crippen molar-refractivity contribution >= 4 is 0 Å². The highest BCUT2D eigenvalue weighted by Gasteiger charge is 2.27. The summed E-state index contributed by atoms with van der Waals surface area (Å²) >= 11 is 0. The van der Waals surface area contributed by atoms with Crippen LogP contribution in [0.25, 0.3) is 0 Å². The molecule has 1 N–H and O–H groups in total. The third-order valence-corrected chi connectivity index (χ3v) is 4.30. The Bertz CT molecular complexity index is 388. The van der Waals surface area contributed by atoms with Gasteiger partial charge < -0.3 is 5.11 Å². The Morgan fingerprint density at radius 2 is 2.26 bits per heavy atom. The van der Waals surface area contributed by atoms with Crippen LogP contribution in [0.5, 0.6) is 0 Å². The number of rotatable bonds is 5. The van der Waals surface area contributed by atoms with Crippen LogP contribution in [0.2, 0.25) is 0 Å². The van der Waals surface area contributed by atoms with Gasteiger partial charge in [-0.05, 0) is 39.2 Å². The second-order valence-electron chi connectivity index (χ2n) is 6.03. The van der Waals surface area contributed by atoms with E-state index in [-0.39, 0.29) is 6.61 Å². The Morgan fingerprint density at radius 1 is 1.47 bits per heavy atom. The van der Waals surface area contributed by atoms with E-state index >= 15 is 0 Å². The SMILES string of the molecule is CC[C@@H]1CCN(Cc2cnn(C(C)C)c2)[C@H](CO)C1. The number of hydrogen-bond donors (Lipinski definition) is 1. The van der Waals surface area contributed by atoms with Crippen LogP contribution in [0.3, 0.4) is 0 Å². The summed E-state index contributed by atoms with van der Waals surface area (Å²) in [6.45, 7) is 8.81. The van der Waals surface area contributed by atoms with Crippen LogP contribution in [0.1, 0.15) is 51.6 Å². The summed E-state index contributed by atoms with van der Waals surface area (Å²) in [6, 6.07) is 0.731. The maximum absolute atomic E-state index is 9.58. The van der Waals surface area contributed by atoms with Crippen LogP contribution in [-0.4, -0.2) is 39.0 Å². The van der Waals surface area contributed by atoms with E-state index in [1.807, 2.05) is 10.9 Å². The molecule has 1 saturated heterocycles. The first-order chi connectivity index (χ1) is 9.13. The van der Waals surface area contributed by atoms with Crippen molar-refractivity contribution in [2.24, 2.45) is 5.92 Å². The van der Waals surface area contributed by atoms with Crippen molar-refractivity contribution in [2.45, 2.75) is 58.7 Å². The highest BCUT2D eigenvalue weighted by atomic mass is 16.3. The molecule has 0 saturated carbocycles. The largest absolute Gasteiger partial charge is 0.395 e. The topological polar surface area (TPSA) is 41.3 Å². The molecule has 4 nitrogen and oxygen atoms in total. The molecule has 2 heterocycles. The quantitative estimate of drug-likeness (QED) is 0.889. The van der Waals surface area contributed by atoms with Gasteiger partial charge in [0, 0.05) is 30.4 Å². The molecule has 19 heavy (non-hydrogen) atoms. The summed E-state index contributed by atoms with van der Waals surface area (Å²) < 4.78 is 2.00. The number of aromatic nitrogens is 2. The smallest absolute Gasteiger partial charge is 0.0587 e. The predicted octanol–water partition coefficient (Wildman–Crippen LogP) is 2.45. The molecule has 1 aliphatic rings. The molecule has 0 bridgehead atoms. The van der Waals surface area contributed by atoms with Crippen molar-refractivity contribution in [3.63, 3.8) is 0 Å². The van der Waals surface area contributed by atoms with Crippen LogP contribution in [0.4, 0.5) is 0 Å². The normalized spacial score (nSPS) is 25.1. The number of aliphatic hydroxyl groups is 1. The van der Waals surface area contributed by atoms with E-state index in [4.69, 9.17) is 0 Å². The summed E-state index contributed by atoms with van der Waals surface area (Å²) in [5.74, 6) is 0.784. The zero-order valence-electron chi connectivity index (χ0n) is 12.4. The fourth-order valence-corrected chi connectivity index (χ4v) is 2.93. The van der Waals surface area contributed by atoms with Crippen molar-refractivity contribution in [3.8, 4) is 0 Å². The molecule has 0 aliphatic carbocycles. The second kappa shape index (κ2) is 6.53. The molecule has 1 aliphatic heterocycles. The first kappa shape index (κ1) is 14.5. The number of aliphatic hydroxyl groups excluding tert-OH is 1. The minimum Gasteiger partial charge on any atom is -0.395 e. The molecule has 0 amide bonds. The van der Waals surface area contributed by atoms with Crippen molar-refractivity contribution in [3.05, 3.63) is 18.0 Å². The molecule has 2 rings (SSSR count). The monoisotopic (exact) mass is 265 g/mol. The van der Waals surface area contributed by atoms with Gasteiger partial charge in [-0.1, -0.05) is 13.3 Å². The van der Waals surface area contributed by atoms with Gasteiger partial charge in [-0.15, -0.1) is 0 Å². The molecule has 4 heteroatoms. The van der Waals surface area contributed by atoms with E-state index in [0.29, 0.717) is 12.1 Å². The fraction of sp³-hybridized carbons (Fsp3) is 0.800.